The number of piperidine rings is 1. The first-order chi connectivity index (χ1) is 16.9. The molecule has 0 atom stereocenters. The first kappa shape index (κ1) is 23.4. The Labute approximate surface area is 210 Å². The Bertz CT molecular complexity index is 1200. The van der Waals surface area contributed by atoms with Crippen molar-refractivity contribution in [1.82, 2.24) is 9.88 Å². The van der Waals surface area contributed by atoms with Crippen LogP contribution in [0.4, 0.5) is 17.2 Å². The van der Waals surface area contributed by atoms with Crippen LogP contribution in [0.1, 0.15) is 47.0 Å². The van der Waals surface area contributed by atoms with E-state index in [0.717, 1.165) is 63.2 Å². The van der Waals surface area contributed by atoms with Gasteiger partial charge >= 0.3 is 0 Å². The molecule has 182 valence electrons. The molecule has 0 unspecified atom stereocenters. The van der Waals surface area contributed by atoms with E-state index in [1.54, 1.807) is 24.5 Å². The van der Waals surface area contributed by atoms with Gasteiger partial charge in [0.1, 0.15) is 5.82 Å². The van der Waals surface area contributed by atoms with E-state index in [9.17, 15) is 9.59 Å². The van der Waals surface area contributed by atoms with Crippen LogP contribution in [0.15, 0.2) is 54.0 Å². The molecule has 3 N–H and O–H groups in total. The summed E-state index contributed by atoms with van der Waals surface area (Å²) >= 11 is 1.71. The number of hydrogen-bond donors (Lipinski definition) is 2. The van der Waals surface area contributed by atoms with Gasteiger partial charge in [-0.3, -0.25) is 9.59 Å². The topological polar surface area (TPSA) is 91.6 Å². The summed E-state index contributed by atoms with van der Waals surface area (Å²) in [6, 6.07) is 13.6. The second kappa shape index (κ2) is 9.70. The van der Waals surface area contributed by atoms with E-state index in [-0.39, 0.29) is 17.2 Å². The molecule has 2 fully saturated rings. The van der Waals surface area contributed by atoms with Gasteiger partial charge in [0.15, 0.2) is 0 Å². The molecule has 0 bridgehead atoms. The fourth-order valence-electron chi connectivity index (χ4n) is 5.16. The van der Waals surface area contributed by atoms with Crippen LogP contribution in [0.2, 0.25) is 0 Å². The number of carbonyl (C=O) groups is 2. The minimum Gasteiger partial charge on any atom is -0.397 e. The Hall–Kier alpha value is -3.39. The zero-order valence-corrected chi connectivity index (χ0v) is 20.8. The fraction of sp³-hybridized carbons (Fsp3) is 0.370. The van der Waals surface area contributed by atoms with Crippen molar-refractivity contribution in [2.24, 2.45) is 5.41 Å². The number of pyridine rings is 1. The van der Waals surface area contributed by atoms with Crippen molar-refractivity contribution in [2.75, 3.05) is 42.1 Å². The zero-order chi connectivity index (χ0) is 24.4. The summed E-state index contributed by atoms with van der Waals surface area (Å²) in [6.45, 7) is 5.24. The average Bonchev–Trinajstić information content (AvgIpc) is 3.52. The van der Waals surface area contributed by atoms with E-state index in [2.05, 4.69) is 26.6 Å². The molecular weight excluding hydrogens is 458 g/mol. The lowest BCUT2D eigenvalue weighted by Crippen LogP contribution is -2.42. The van der Waals surface area contributed by atoms with E-state index in [0.29, 0.717) is 16.9 Å². The summed E-state index contributed by atoms with van der Waals surface area (Å²) in [7, 11) is 0. The number of carbonyl (C=O) groups excluding carboxylic acids is 2. The Balaban J connectivity index is 1.20. The number of hydrogen-bond acceptors (Lipinski definition) is 6. The lowest BCUT2D eigenvalue weighted by atomic mass is 9.78. The van der Waals surface area contributed by atoms with E-state index in [1.165, 1.54) is 4.88 Å². The van der Waals surface area contributed by atoms with Gasteiger partial charge < -0.3 is 20.9 Å². The number of thiophene rings is 1. The number of nitrogens with two attached hydrogens (primary N) is 1. The number of amides is 2. The summed E-state index contributed by atoms with van der Waals surface area (Å²) in [4.78, 5) is 34.7. The number of rotatable bonds is 5. The number of aromatic nitrogens is 1. The van der Waals surface area contributed by atoms with Crippen molar-refractivity contribution in [3.05, 3.63) is 70.0 Å². The highest BCUT2D eigenvalue weighted by molar-refractivity contribution is 7.09. The number of benzene rings is 1. The molecule has 0 saturated carbocycles. The third-order valence-electron chi connectivity index (χ3n) is 7.37. The van der Waals surface area contributed by atoms with Crippen LogP contribution in [-0.4, -0.2) is 47.9 Å². The molecule has 2 saturated heterocycles. The van der Waals surface area contributed by atoms with Crippen molar-refractivity contribution in [3.8, 4) is 0 Å². The van der Waals surface area contributed by atoms with Crippen LogP contribution in [0.3, 0.4) is 0 Å². The molecule has 0 aliphatic carbocycles. The van der Waals surface area contributed by atoms with Gasteiger partial charge in [0, 0.05) is 50.6 Å². The smallest absolute Gasteiger partial charge is 0.257 e. The molecule has 2 aliphatic rings. The summed E-state index contributed by atoms with van der Waals surface area (Å²) in [6.07, 6.45) is 5.64. The highest BCUT2D eigenvalue weighted by Gasteiger charge is 2.41. The summed E-state index contributed by atoms with van der Waals surface area (Å²) in [5.74, 6) is 0.836. The molecule has 35 heavy (non-hydrogen) atoms. The van der Waals surface area contributed by atoms with Gasteiger partial charge in [-0.05, 0) is 66.0 Å². The normalized spacial score (nSPS) is 17.1. The van der Waals surface area contributed by atoms with Crippen LogP contribution in [0.5, 0.6) is 0 Å². The molecule has 5 rings (SSSR count). The third-order valence-corrected chi connectivity index (χ3v) is 8.24. The predicted octanol–water partition coefficient (Wildman–Crippen LogP) is 4.41. The molecule has 8 heteroatoms. The summed E-state index contributed by atoms with van der Waals surface area (Å²) < 4.78 is 0. The van der Waals surface area contributed by atoms with Crippen LogP contribution in [0.25, 0.3) is 0 Å². The monoisotopic (exact) mass is 489 g/mol. The molecule has 4 heterocycles. The van der Waals surface area contributed by atoms with Crippen molar-refractivity contribution in [3.63, 3.8) is 0 Å². The molecule has 2 aromatic heterocycles. The fourth-order valence-corrected chi connectivity index (χ4v) is 5.90. The van der Waals surface area contributed by atoms with Gasteiger partial charge in [-0.15, -0.1) is 11.3 Å². The maximum absolute atomic E-state index is 12.9. The average molecular weight is 490 g/mol. The number of nitrogens with zero attached hydrogens (tertiary/aromatic N) is 3. The number of likely N-dealkylation sites (tertiary alicyclic amines) is 1. The van der Waals surface area contributed by atoms with Gasteiger partial charge in [-0.2, -0.15) is 0 Å². The molecule has 0 radical (unpaired) electrons. The number of anilines is 3. The zero-order valence-electron chi connectivity index (χ0n) is 20.0. The predicted molar refractivity (Wildman–Crippen MR) is 141 cm³/mol. The van der Waals surface area contributed by atoms with Gasteiger partial charge in [-0.25, -0.2) is 4.98 Å². The molecule has 1 aromatic carbocycles. The third kappa shape index (κ3) is 5.17. The second-order valence-electron chi connectivity index (χ2n) is 9.71. The lowest BCUT2D eigenvalue weighted by Gasteiger charge is -2.39. The molecule has 7 nitrogen and oxygen atoms in total. The summed E-state index contributed by atoms with van der Waals surface area (Å²) in [5, 5.41) is 5.01. The Morgan fingerprint density at radius 2 is 1.91 bits per heavy atom. The Morgan fingerprint density at radius 1 is 1.11 bits per heavy atom. The van der Waals surface area contributed by atoms with Crippen molar-refractivity contribution < 1.29 is 9.59 Å². The number of nitrogen functional groups attached to an aromatic ring is 1. The van der Waals surface area contributed by atoms with Gasteiger partial charge in [0.2, 0.25) is 5.91 Å². The largest absolute Gasteiger partial charge is 0.397 e. The second-order valence-corrected chi connectivity index (χ2v) is 10.7. The molecular formula is C27H31N5O2S. The number of nitrogens with one attached hydrogen (secondary N) is 1. The van der Waals surface area contributed by atoms with E-state index >= 15 is 0 Å². The highest BCUT2D eigenvalue weighted by Crippen LogP contribution is 2.41. The maximum Gasteiger partial charge on any atom is 0.257 e. The van der Waals surface area contributed by atoms with Crippen molar-refractivity contribution >= 4 is 40.3 Å². The Kier molecular flexibility index (Phi) is 6.47. The van der Waals surface area contributed by atoms with Gasteiger partial charge in [0.05, 0.1) is 16.9 Å². The van der Waals surface area contributed by atoms with Crippen LogP contribution >= 0.6 is 11.3 Å². The first-order valence-corrected chi connectivity index (χ1v) is 13.0. The van der Waals surface area contributed by atoms with Crippen molar-refractivity contribution in [1.29, 1.82) is 0 Å². The highest BCUT2D eigenvalue weighted by atomic mass is 32.1. The molecule has 2 aliphatic heterocycles. The van der Waals surface area contributed by atoms with Crippen LogP contribution in [-0.2, 0) is 11.2 Å². The SMILES string of the molecule is CC(=O)N1CCC2(CCN(c3ccc(C(=O)Nc4cc(Cc5cccs5)ccc4N)cn3)CC2)C1. The minimum absolute atomic E-state index is 0.177. The first-order valence-electron chi connectivity index (χ1n) is 12.1. The molecule has 3 aromatic rings. The summed E-state index contributed by atoms with van der Waals surface area (Å²) in [5.41, 5.74) is 9.13. The minimum atomic E-state index is -0.225. The van der Waals surface area contributed by atoms with E-state index < -0.39 is 0 Å². The van der Waals surface area contributed by atoms with E-state index in [4.69, 9.17) is 5.73 Å². The lowest BCUT2D eigenvalue weighted by molar-refractivity contribution is -0.128. The van der Waals surface area contributed by atoms with Crippen molar-refractivity contribution in [2.45, 2.75) is 32.6 Å². The standard InChI is InChI=1S/C27H31N5O2S/c1-19(33)32-13-10-27(18-32)8-11-31(12-9-27)25-7-5-21(17-29-25)26(34)30-24-16-20(4-6-23(24)28)15-22-3-2-14-35-22/h2-7,14,16-17H,8-13,15,18,28H2,1H3,(H,30,34). The Morgan fingerprint density at radius 3 is 2.57 bits per heavy atom. The molecule has 1 spiro atoms. The van der Waals surface area contributed by atoms with E-state index in [1.807, 2.05) is 41.3 Å². The van der Waals surface area contributed by atoms with Gasteiger partial charge in [-0.1, -0.05) is 12.1 Å². The quantitative estimate of drug-likeness (QED) is 0.518. The maximum atomic E-state index is 12.9. The van der Waals surface area contributed by atoms with Gasteiger partial charge in [0.25, 0.3) is 5.91 Å². The van der Waals surface area contributed by atoms with Crippen LogP contribution < -0.4 is 16.0 Å². The van der Waals surface area contributed by atoms with Crippen LogP contribution in [0, 0.1) is 5.41 Å². The molecule has 2 amide bonds.